The zero-order valence-electron chi connectivity index (χ0n) is 9.48. The maximum absolute atomic E-state index is 11.5. The average molecular weight is 218 g/mol. The van der Waals surface area contributed by atoms with E-state index < -0.39 is 0 Å². The summed E-state index contributed by atoms with van der Waals surface area (Å²) < 4.78 is 0. The summed E-state index contributed by atoms with van der Waals surface area (Å²) in [6, 6.07) is 3.90. The number of hydrogen-bond donors (Lipinski definition) is 1. The molecule has 1 aromatic heterocycles. The van der Waals surface area contributed by atoms with Crippen LogP contribution in [0.4, 0.5) is 5.82 Å². The lowest BCUT2D eigenvalue weighted by Gasteiger charge is -2.13. The molecule has 3 nitrogen and oxygen atoms in total. The fourth-order valence-electron chi connectivity index (χ4n) is 2.41. The summed E-state index contributed by atoms with van der Waals surface area (Å²) in [5, 5.41) is 0. The van der Waals surface area contributed by atoms with Crippen molar-refractivity contribution in [1.82, 2.24) is 4.98 Å². The SMILES string of the molecule is Nc1cc(CC2CCCCC(=O)C2)ccn1. The second-order valence-electron chi connectivity index (χ2n) is 4.65. The molecule has 0 spiro atoms. The maximum Gasteiger partial charge on any atom is 0.133 e. The number of nitrogens with two attached hydrogens (primary N) is 1. The van der Waals surface area contributed by atoms with Crippen molar-refractivity contribution in [3.05, 3.63) is 23.9 Å². The van der Waals surface area contributed by atoms with Crippen molar-refractivity contribution in [3.63, 3.8) is 0 Å². The largest absolute Gasteiger partial charge is 0.384 e. The lowest BCUT2D eigenvalue weighted by atomic mass is 9.92. The van der Waals surface area contributed by atoms with Gasteiger partial charge in [0.05, 0.1) is 0 Å². The van der Waals surface area contributed by atoms with Crippen LogP contribution in [0.3, 0.4) is 0 Å². The number of carbonyl (C=O) groups excluding carboxylic acids is 1. The van der Waals surface area contributed by atoms with Crippen LogP contribution in [0.25, 0.3) is 0 Å². The van der Waals surface area contributed by atoms with Gasteiger partial charge >= 0.3 is 0 Å². The van der Waals surface area contributed by atoms with Crippen LogP contribution in [0, 0.1) is 5.92 Å². The first-order chi connectivity index (χ1) is 7.74. The molecular formula is C13H18N2O. The average Bonchev–Trinajstić information content (AvgIpc) is 2.43. The summed E-state index contributed by atoms with van der Waals surface area (Å²) >= 11 is 0. The van der Waals surface area contributed by atoms with Crippen molar-refractivity contribution in [2.75, 3.05) is 5.73 Å². The first-order valence-corrected chi connectivity index (χ1v) is 5.96. The highest BCUT2D eigenvalue weighted by molar-refractivity contribution is 5.78. The molecule has 0 saturated heterocycles. The maximum atomic E-state index is 11.5. The summed E-state index contributed by atoms with van der Waals surface area (Å²) in [4.78, 5) is 15.5. The van der Waals surface area contributed by atoms with Gasteiger partial charge in [-0.2, -0.15) is 0 Å². The van der Waals surface area contributed by atoms with Gasteiger partial charge in [-0.05, 0) is 42.9 Å². The quantitative estimate of drug-likeness (QED) is 0.775. The molecular weight excluding hydrogens is 200 g/mol. The lowest BCUT2D eigenvalue weighted by molar-refractivity contribution is -0.119. The van der Waals surface area contributed by atoms with Crippen molar-refractivity contribution >= 4 is 11.6 Å². The van der Waals surface area contributed by atoms with Gasteiger partial charge in [0.15, 0.2) is 0 Å². The number of hydrogen-bond acceptors (Lipinski definition) is 3. The predicted molar refractivity (Wildman–Crippen MR) is 63.9 cm³/mol. The molecule has 1 atom stereocenters. The van der Waals surface area contributed by atoms with Crippen LogP contribution in [-0.2, 0) is 11.2 Å². The van der Waals surface area contributed by atoms with Gasteiger partial charge in [0.1, 0.15) is 11.6 Å². The van der Waals surface area contributed by atoms with Crippen LogP contribution in [0.5, 0.6) is 0 Å². The zero-order valence-corrected chi connectivity index (χ0v) is 9.48. The first kappa shape index (κ1) is 11.1. The van der Waals surface area contributed by atoms with Gasteiger partial charge in [-0.1, -0.05) is 6.42 Å². The van der Waals surface area contributed by atoms with Crippen LogP contribution in [0.15, 0.2) is 18.3 Å². The Morgan fingerprint density at radius 2 is 2.31 bits per heavy atom. The molecule has 86 valence electrons. The number of anilines is 1. The Kier molecular flexibility index (Phi) is 3.54. The van der Waals surface area contributed by atoms with Gasteiger partial charge in [-0.3, -0.25) is 4.79 Å². The molecule has 2 N–H and O–H groups in total. The molecule has 1 aliphatic rings. The monoisotopic (exact) mass is 218 g/mol. The van der Waals surface area contributed by atoms with Gasteiger partial charge in [-0.15, -0.1) is 0 Å². The molecule has 0 aromatic carbocycles. The minimum absolute atomic E-state index is 0.421. The Morgan fingerprint density at radius 3 is 3.12 bits per heavy atom. The summed E-state index contributed by atoms with van der Waals surface area (Å²) in [6.07, 6.45) is 7.61. The van der Waals surface area contributed by atoms with E-state index in [0.717, 1.165) is 32.1 Å². The zero-order chi connectivity index (χ0) is 11.4. The molecule has 0 amide bonds. The number of carbonyl (C=O) groups is 1. The van der Waals surface area contributed by atoms with E-state index in [-0.39, 0.29) is 0 Å². The van der Waals surface area contributed by atoms with Crippen LogP contribution in [0.1, 0.15) is 37.7 Å². The first-order valence-electron chi connectivity index (χ1n) is 5.96. The minimum atomic E-state index is 0.421. The summed E-state index contributed by atoms with van der Waals surface area (Å²) in [6.45, 7) is 0. The van der Waals surface area contributed by atoms with E-state index in [1.807, 2.05) is 12.1 Å². The number of nitrogens with zero attached hydrogens (tertiary/aromatic N) is 1. The van der Waals surface area contributed by atoms with Gasteiger partial charge in [0, 0.05) is 19.0 Å². The fraction of sp³-hybridized carbons (Fsp3) is 0.538. The molecule has 0 radical (unpaired) electrons. The molecule has 16 heavy (non-hydrogen) atoms. The highest BCUT2D eigenvalue weighted by atomic mass is 16.1. The normalized spacial score (nSPS) is 21.8. The molecule has 0 bridgehead atoms. The topological polar surface area (TPSA) is 56.0 Å². The number of nitrogen functional groups attached to an aromatic ring is 1. The number of pyridine rings is 1. The van der Waals surface area contributed by atoms with E-state index in [0.29, 0.717) is 17.5 Å². The van der Waals surface area contributed by atoms with Crippen molar-refractivity contribution in [2.24, 2.45) is 5.92 Å². The Labute approximate surface area is 96.1 Å². The fourth-order valence-corrected chi connectivity index (χ4v) is 2.41. The Balaban J connectivity index is 2.00. The van der Waals surface area contributed by atoms with E-state index in [1.165, 1.54) is 12.0 Å². The van der Waals surface area contributed by atoms with Gasteiger partial charge in [-0.25, -0.2) is 4.98 Å². The van der Waals surface area contributed by atoms with E-state index in [9.17, 15) is 4.79 Å². The van der Waals surface area contributed by atoms with Crippen LogP contribution in [0.2, 0.25) is 0 Å². The van der Waals surface area contributed by atoms with E-state index in [1.54, 1.807) is 6.20 Å². The molecule has 1 fully saturated rings. The van der Waals surface area contributed by atoms with Crippen LogP contribution >= 0.6 is 0 Å². The minimum Gasteiger partial charge on any atom is -0.384 e. The number of Topliss-reactive ketones (excluding diaryl/α,β-unsaturated/α-hetero) is 1. The summed E-state index contributed by atoms with van der Waals surface area (Å²) in [5.74, 6) is 1.48. The molecule has 1 saturated carbocycles. The highest BCUT2D eigenvalue weighted by Crippen LogP contribution is 2.24. The predicted octanol–water partition coefficient (Wildman–Crippen LogP) is 2.36. The third-order valence-corrected chi connectivity index (χ3v) is 3.20. The second-order valence-corrected chi connectivity index (χ2v) is 4.65. The standard InChI is InChI=1S/C13H18N2O/c14-13-9-11(5-6-15-13)7-10-3-1-2-4-12(16)8-10/h5-6,9-10H,1-4,7-8H2,(H2,14,15). The lowest BCUT2D eigenvalue weighted by Crippen LogP contribution is -2.08. The third kappa shape index (κ3) is 3.05. The molecule has 1 heterocycles. The summed E-state index contributed by atoms with van der Waals surface area (Å²) in [5.41, 5.74) is 6.84. The smallest absolute Gasteiger partial charge is 0.133 e. The summed E-state index contributed by atoms with van der Waals surface area (Å²) in [7, 11) is 0. The molecule has 1 unspecified atom stereocenters. The van der Waals surface area contributed by atoms with E-state index >= 15 is 0 Å². The van der Waals surface area contributed by atoms with Crippen molar-refractivity contribution in [1.29, 1.82) is 0 Å². The van der Waals surface area contributed by atoms with E-state index in [4.69, 9.17) is 5.73 Å². The Morgan fingerprint density at radius 1 is 1.44 bits per heavy atom. The number of ketones is 1. The van der Waals surface area contributed by atoms with Gasteiger partial charge < -0.3 is 5.73 Å². The van der Waals surface area contributed by atoms with Gasteiger partial charge in [0.25, 0.3) is 0 Å². The number of aromatic nitrogens is 1. The van der Waals surface area contributed by atoms with E-state index in [2.05, 4.69) is 4.98 Å². The van der Waals surface area contributed by atoms with Crippen molar-refractivity contribution in [2.45, 2.75) is 38.5 Å². The molecule has 1 aliphatic carbocycles. The highest BCUT2D eigenvalue weighted by Gasteiger charge is 2.17. The van der Waals surface area contributed by atoms with Crippen LogP contribution < -0.4 is 5.73 Å². The second kappa shape index (κ2) is 5.10. The Bertz CT molecular complexity index is 376. The Hall–Kier alpha value is -1.38. The number of rotatable bonds is 2. The van der Waals surface area contributed by atoms with Crippen LogP contribution in [-0.4, -0.2) is 10.8 Å². The van der Waals surface area contributed by atoms with Gasteiger partial charge in [0.2, 0.25) is 0 Å². The molecule has 2 rings (SSSR count). The van der Waals surface area contributed by atoms with Crippen molar-refractivity contribution < 1.29 is 4.79 Å². The molecule has 1 aromatic rings. The third-order valence-electron chi connectivity index (χ3n) is 3.20. The molecule has 3 heteroatoms. The van der Waals surface area contributed by atoms with Crippen molar-refractivity contribution in [3.8, 4) is 0 Å². The molecule has 0 aliphatic heterocycles.